The zero-order chi connectivity index (χ0) is 21.9. The molecule has 2 aromatic rings. The predicted octanol–water partition coefficient (Wildman–Crippen LogP) is 1.34. The number of carbonyl (C=O) groups excluding carboxylic acids is 2. The van der Waals surface area contributed by atoms with Crippen molar-refractivity contribution in [2.45, 2.75) is 26.5 Å². The Balaban J connectivity index is 1.78. The van der Waals surface area contributed by atoms with Crippen LogP contribution in [0.1, 0.15) is 28.4 Å². The lowest BCUT2D eigenvalue weighted by molar-refractivity contribution is -0.117. The average molecular weight is 412 g/mol. The van der Waals surface area contributed by atoms with E-state index in [9.17, 15) is 9.59 Å². The molecule has 160 valence electrons. The van der Waals surface area contributed by atoms with Crippen molar-refractivity contribution >= 4 is 17.8 Å². The number of carbonyl (C=O) groups is 2. The van der Waals surface area contributed by atoms with Crippen LogP contribution in [0.5, 0.6) is 5.75 Å². The number of guanidine groups is 1. The minimum Gasteiger partial charge on any atom is -0.489 e. The van der Waals surface area contributed by atoms with Gasteiger partial charge < -0.3 is 26.4 Å². The van der Waals surface area contributed by atoms with Gasteiger partial charge in [-0.15, -0.1) is 0 Å². The molecule has 8 nitrogen and oxygen atoms in total. The number of aryl methyl sites for hydroxylation is 1. The number of primary amides is 1. The van der Waals surface area contributed by atoms with Gasteiger partial charge in [0.25, 0.3) is 5.91 Å². The number of benzene rings is 2. The van der Waals surface area contributed by atoms with E-state index in [2.05, 4.69) is 20.9 Å². The lowest BCUT2D eigenvalue weighted by Crippen LogP contribution is -2.41. The smallest absolute Gasteiger partial charge is 0.251 e. The van der Waals surface area contributed by atoms with Crippen LogP contribution >= 0.6 is 0 Å². The van der Waals surface area contributed by atoms with E-state index in [-0.39, 0.29) is 18.6 Å². The Bertz CT molecular complexity index is 881. The minimum atomic E-state index is -0.582. The number of hydrogen-bond acceptors (Lipinski definition) is 4. The van der Waals surface area contributed by atoms with Crippen molar-refractivity contribution in [2.75, 3.05) is 20.1 Å². The van der Waals surface area contributed by atoms with Crippen molar-refractivity contribution in [3.8, 4) is 5.75 Å². The molecule has 0 saturated heterocycles. The Morgan fingerprint density at radius 3 is 2.47 bits per heavy atom. The number of aliphatic imine (C=N–C) groups is 1. The Morgan fingerprint density at radius 1 is 1.10 bits per heavy atom. The molecule has 5 N–H and O–H groups in total. The second-order valence-electron chi connectivity index (χ2n) is 6.90. The van der Waals surface area contributed by atoms with Crippen molar-refractivity contribution in [3.05, 3.63) is 65.2 Å². The summed E-state index contributed by atoms with van der Waals surface area (Å²) in [4.78, 5) is 26.9. The summed E-state index contributed by atoms with van der Waals surface area (Å²) in [7, 11) is 1.70. The fraction of sp³-hybridized carbons (Fsp3) is 0.318. The second kappa shape index (κ2) is 11.5. The lowest BCUT2D eigenvalue weighted by atomic mass is 10.1. The molecule has 0 fully saturated rings. The second-order valence-corrected chi connectivity index (χ2v) is 6.90. The molecule has 0 saturated carbocycles. The summed E-state index contributed by atoms with van der Waals surface area (Å²) in [5.41, 5.74) is 7.62. The molecule has 0 spiro atoms. The third-order valence-corrected chi connectivity index (χ3v) is 4.21. The summed E-state index contributed by atoms with van der Waals surface area (Å²) in [6, 6.07) is 15.0. The molecule has 0 radical (unpaired) electrons. The lowest BCUT2D eigenvalue weighted by Gasteiger charge is -2.18. The predicted molar refractivity (Wildman–Crippen MR) is 117 cm³/mol. The largest absolute Gasteiger partial charge is 0.489 e. The molecule has 2 aromatic carbocycles. The topological polar surface area (TPSA) is 118 Å². The van der Waals surface area contributed by atoms with Crippen LogP contribution in [0.3, 0.4) is 0 Å². The third kappa shape index (κ3) is 7.83. The van der Waals surface area contributed by atoms with Crippen LogP contribution in [-0.2, 0) is 11.3 Å². The van der Waals surface area contributed by atoms with E-state index in [1.807, 2.05) is 50.2 Å². The van der Waals surface area contributed by atoms with Gasteiger partial charge in [0.2, 0.25) is 5.91 Å². The molecule has 0 aliphatic carbocycles. The zero-order valence-corrected chi connectivity index (χ0v) is 17.6. The molecule has 1 unspecified atom stereocenters. The SMILES string of the molecule is CN=C(NCc1ccc(C(=O)NCC(N)=O)cc1)NCC(C)Oc1cccc(C)c1. The number of nitrogens with two attached hydrogens (primary N) is 1. The van der Waals surface area contributed by atoms with Crippen LogP contribution < -0.4 is 26.4 Å². The molecule has 2 rings (SSSR count). The van der Waals surface area contributed by atoms with E-state index in [1.54, 1.807) is 19.2 Å². The number of hydrogen-bond donors (Lipinski definition) is 4. The summed E-state index contributed by atoms with van der Waals surface area (Å²) < 4.78 is 5.91. The molecule has 8 heteroatoms. The maximum absolute atomic E-state index is 11.9. The first-order chi connectivity index (χ1) is 14.4. The van der Waals surface area contributed by atoms with Crippen LogP contribution in [0.15, 0.2) is 53.5 Å². The first kappa shape index (κ1) is 22.7. The number of amides is 2. The highest BCUT2D eigenvalue weighted by Gasteiger charge is 2.08. The number of rotatable bonds is 9. The Morgan fingerprint density at radius 2 is 1.83 bits per heavy atom. The molecule has 1 atom stereocenters. The summed E-state index contributed by atoms with van der Waals surface area (Å²) in [5.74, 6) is 0.570. The molecule has 0 bridgehead atoms. The summed E-state index contributed by atoms with van der Waals surface area (Å²) in [6.07, 6.45) is -0.0384. The fourth-order valence-corrected chi connectivity index (χ4v) is 2.65. The molecule has 0 heterocycles. The summed E-state index contributed by atoms with van der Waals surface area (Å²) in [6.45, 7) is 4.96. The van der Waals surface area contributed by atoms with E-state index in [0.29, 0.717) is 24.6 Å². The third-order valence-electron chi connectivity index (χ3n) is 4.21. The van der Waals surface area contributed by atoms with Gasteiger partial charge in [0.05, 0.1) is 13.1 Å². The Hall–Kier alpha value is -3.55. The number of nitrogens with one attached hydrogen (secondary N) is 3. The monoisotopic (exact) mass is 411 g/mol. The van der Waals surface area contributed by atoms with Gasteiger partial charge in [-0.25, -0.2) is 0 Å². The van der Waals surface area contributed by atoms with Crippen molar-refractivity contribution < 1.29 is 14.3 Å². The van der Waals surface area contributed by atoms with Gasteiger partial charge in [0.15, 0.2) is 5.96 Å². The molecule has 2 amide bonds. The highest BCUT2D eigenvalue weighted by Crippen LogP contribution is 2.13. The van der Waals surface area contributed by atoms with Crippen molar-refractivity contribution in [1.29, 1.82) is 0 Å². The minimum absolute atomic E-state index is 0.0384. The summed E-state index contributed by atoms with van der Waals surface area (Å²) >= 11 is 0. The van der Waals surface area contributed by atoms with Crippen molar-refractivity contribution in [3.63, 3.8) is 0 Å². The first-order valence-electron chi connectivity index (χ1n) is 9.70. The van der Waals surface area contributed by atoms with Crippen LogP contribution in [-0.4, -0.2) is 44.0 Å². The molecule has 30 heavy (non-hydrogen) atoms. The van der Waals surface area contributed by atoms with E-state index in [1.165, 1.54) is 0 Å². The number of ether oxygens (including phenoxy) is 1. The van der Waals surface area contributed by atoms with Crippen molar-refractivity contribution in [1.82, 2.24) is 16.0 Å². The maximum atomic E-state index is 11.9. The Labute approximate surface area is 176 Å². The van der Waals surface area contributed by atoms with E-state index in [0.717, 1.165) is 16.9 Å². The maximum Gasteiger partial charge on any atom is 0.251 e. The quantitative estimate of drug-likeness (QED) is 0.367. The highest BCUT2D eigenvalue weighted by atomic mass is 16.5. The fourth-order valence-electron chi connectivity index (χ4n) is 2.65. The van der Waals surface area contributed by atoms with Gasteiger partial charge in [-0.05, 0) is 49.2 Å². The molecule has 0 aliphatic heterocycles. The van der Waals surface area contributed by atoms with Gasteiger partial charge in [-0.2, -0.15) is 0 Å². The van der Waals surface area contributed by atoms with Gasteiger partial charge in [-0.3, -0.25) is 14.6 Å². The van der Waals surface area contributed by atoms with Crippen LogP contribution in [0.2, 0.25) is 0 Å². The summed E-state index contributed by atoms with van der Waals surface area (Å²) in [5, 5.41) is 8.92. The van der Waals surface area contributed by atoms with Crippen molar-refractivity contribution in [2.24, 2.45) is 10.7 Å². The molecule has 0 aromatic heterocycles. The molecule has 0 aliphatic rings. The van der Waals surface area contributed by atoms with E-state index < -0.39 is 5.91 Å². The van der Waals surface area contributed by atoms with Gasteiger partial charge >= 0.3 is 0 Å². The van der Waals surface area contributed by atoms with E-state index >= 15 is 0 Å². The van der Waals surface area contributed by atoms with E-state index in [4.69, 9.17) is 10.5 Å². The molecular formula is C22H29N5O3. The standard InChI is InChI=1S/C22H29N5O3/c1-15-5-4-6-19(11-15)30-16(2)12-26-22(24-3)27-13-17-7-9-18(10-8-17)21(29)25-14-20(23)28/h4-11,16H,12-14H2,1-3H3,(H2,23,28)(H,25,29)(H2,24,26,27). The van der Waals surface area contributed by atoms with Gasteiger partial charge in [0.1, 0.15) is 11.9 Å². The normalized spacial score (nSPS) is 12.0. The van der Waals surface area contributed by atoms with Crippen LogP contribution in [0, 0.1) is 6.92 Å². The first-order valence-corrected chi connectivity index (χ1v) is 9.70. The van der Waals surface area contributed by atoms with Gasteiger partial charge in [-0.1, -0.05) is 24.3 Å². The van der Waals surface area contributed by atoms with Gasteiger partial charge in [0, 0.05) is 19.2 Å². The highest BCUT2D eigenvalue weighted by molar-refractivity contribution is 5.96. The zero-order valence-electron chi connectivity index (χ0n) is 17.6. The average Bonchev–Trinajstić information content (AvgIpc) is 2.72. The van der Waals surface area contributed by atoms with Crippen LogP contribution in [0.25, 0.3) is 0 Å². The van der Waals surface area contributed by atoms with Crippen LogP contribution in [0.4, 0.5) is 0 Å². The Kier molecular flexibility index (Phi) is 8.68. The number of nitrogens with zero attached hydrogens (tertiary/aromatic N) is 1. The molecular weight excluding hydrogens is 382 g/mol.